The Labute approximate surface area is 142 Å². The number of methoxy groups -OCH3 is 1. The van der Waals surface area contributed by atoms with Crippen LogP contribution in [0.2, 0.25) is 0 Å². The third-order valence-corrected chi connectivity index (χ3v) is 3.55. The quantitative estimate of drug-likeness (QED) is 0.779. The van der Waals surface area contributed by atoms with Crippen molar-refractivity contribution in [2.75, 3.05) is 19.0 Å². The number of amides is 1. The fourth-order valence-corrected chi connectivity index (χ4v) is 2.14. The number of ether oxygens (including phenoxy) is 1. The van der Waals surface area contributed by atoms with Gasteiger partial charge in [-0.25, -0.2) is 9.97 Å². The van der Waals surface area contributed by atoms with Gasteiger partial charge >= 0.3 is 0 Å². The molecular formula is C18H24N4O2. The molecular weight excluding hydrogens is 304 g/mol. The molecule has 0 fully saturated rings. The van der Waals surface area contributed by atoms with Crippen LogP contribution in [-0.4, -0.2) is 29.5 Å². The van der Waals surface area contributed by atoms with E-state index in [1.54, 1.807) is 7.11 Å². The summed E-state index contributed by atoms with van der Waals surface area (Å²) in [7, 11) is 1.61. The number of rotatable bonds is 8. The molecule has 0 radical (unpaired) electrons. The number of anilines is 1. The van der Waals surface area contributed by atoms with Crippen LogP contribution in [0.4, 0.5) is 5.95 Å². The van der Waals surface area contributed by atoms with E-state index in [1.165, 1.54) is 12.4 Å². The van der Waals surface area contributed by atoms with Gasteiger partial charge in [0, 0.05) is 31.0 Å². The molecule has 2 aromatic rings. The lowest BCUT2D eigenvalue weighted by Gasteiger charge is -2.10. The van der Waals surface area contributed by atoms with Gasteiger partial charge in [-0.2, -0.15) is 0 Å². The van der Waals surface area contributed by atoms with Crippen LogP contribution in [0.5, 0.6) is 5.75 Å². The molecule has 0 aliphatic carbocycles. The van der Waals surface area contributed by atoms with Gasteiger partial charge in [0.05, 0.1) is 12.7 Å². The molecule has 1 aromatic heterocycles. The minimum absolute atomic E-state index is 0.213. The first-order chi connectivity index (χ1) is 11.6. The highest BCUT2D eigenvalue weighted by Gasteiger charge is 2.09. The Morgan fingerprint density at radius 2 is 1.92 bits per heavy atom. The van der Waals surface area contributed by atoms with E-state index < -0.39 is 0 Å². The van der Waals surface area contributed by atoms with Crippen molar-refractivity contribution in [1.82, 2.24) is 15.3 Å². The maximum absolute atomic E-state index is 12.2. The summed E-state index contributed by atoms with van der Waals surface area (Å²) in [5.41, 5.74) is 1.35. The maximum atomic E-state index is 12.2. The molecule has 2 rings (SSSR count). The summed E-state index contributed by atoms with van der Waals surface area (Å²) >= 11 is 0. The topological polar surface area (TPSA) is 76.1 Å². The molecule has 6 nitrogen and oxygen atoms in total. The molecule has 6 heteroatoms. The van der Waals surface area contributed by atoms with E-state index in [4.69, 9.17) is 4.74 Å². The van der Waals surface area contributed by atoms with Crippen molar-refractivity contribution in [2.45, 2.75) is 26.8 Å². The van der Waals surface area contributed by atoms with Crippen molar-refractivity contribution < 1.29 is 9.53 Å². The SMILES string of the molecule is COc1ccccc1CNC(=O)c1cnc(NCCC(C)C)nc1. The monoisotopic (exact) mass is 328 g/mol. The summed E-state index contributed by atoms with van der Waals surface area (Å²) in [5, 5.41) is 5.99. The summed E-state index contributed by atoms with van der Waals surface area (Å²) in [6.07, 6.45) is 4.11. The average Bonchev–Trinajstić information content (AvgIpc) is 2.60. The van der Waals surface area contributed by atoms with E-state index in [1.807, 2.05) is 24.3 Å². The Hall–Kier alpha value is -2.63. The minimum atomic E-state index is -0.213. The van der Waals surface area contributed by atoms with Gasteiger partial charge in [-0.15, -0.1) is 0 Å². The number of hydrogen-bond donors (Lipinski definition) is 2. The molecule has 0 aliphatic rings. The first-order valence-corrected chi connectivity index (χ1v) is 8.06. The summed E-state index contributed by atoms with van der Waals surface area (Å²) in [6, 6.07) is 7.58. The standard InChI is InChI=1S/C18H24N4O2/c1-13(2)8-9-19-18-21-11-15(12-22-18)17(23)20-10-14-6-4-5-7-16(14)24-3/h4-7,11-13H,8-10H2,1-3H3,(H,20,23)(H,19,21,22). The molecule has 1 amide bonds. The predicted molar refractivity (Wildman–Crippen MR) is 94.1 cm³/mol. The third-order valence-electron chi connectivity index (χ3n) is 3.55. The van der Waals surface area contributed by atoms with Gasteiger partial charge in [-0.3, -0.25) is 4.79 Å². The zero-order valence-electron chi connectivity index (χ0n) is 14.4. The fraction of sp³-hybridized carbons (Fsp3) is 0.389. The van der Waals surface area contributed by atoms with Crippen LogP contribution in [0.15, 0.2) is 36.7 Å². The highest BCUT2D eigenvalue weighted by atomic mass is 16.5. The zero-order valence-corrected chi connectivity index (χ0v) is 14.4. The summed E-state index contributed by atoms with van der Waals surface area (Å²) in [5.74, 6) is 1.70. The molecule has 0 atom stereocenters. The lowest BCUT2D eigenvalue weighted by atomic mass is 10.1. The van der Waals surface area contributed by atoms with Gasteiger partial charge in [-0.1, -0.05) is 32.0 Å². The molecule has 0 aliphatic heterocycles. The Kier molecular flexibility index (Phi) is 6.54. The van der Waals surface area contributed by atoms with Gasteiger partial charge in [0.2, 0.25) is 5.95 Å². The van der Waals surface area contributed by atoms with Crippen molar-refractivity contribution in [2.24, 2.45) is 5.92 Å². The third kappa shape index (κ3) is 5.22. The number of benzene rings is 1. The van der Waals surface area contributed by atoms with Crippen LogP contribution in [0.3, 0.4) is 0 Å². The molecule has 0 saturated carbocycles. The Balaban J connectivity index is 1.88. The normalized spacial score (nSPS) is 10.5. The fourth-order valence-electron chi connectivity index (χ4n) is 2.14. The number of nitrogens with one attached hydrogen (secondary N) is 2. The lowest BCUT2D eigenvalue weighted by molar-refractivity contribution is 0.0950. The molecule has 0 spiro atoms. The summed E-state index contributed by atoms with van der Waals surface area (Å²) in [4.78, 5) is 20.5. The largest absolute Gasteiger partial charge is 0.496 e. The molecule has 0 bridgehead atoms. The zero-order chi connectivity index (χ0) is 17.4. The van der Waals surface area contributed by atoms with E-state index in [0.717, 1.165) is 24.3 Å². The predicted octanol–water partition coefficient (Wildman–Crippen LogP) is 2.87. The minimum Gasteiger partial charge on any atom is -0.496 e. The van der Waals surface area contributed by atoms with Gasteiger partial charge < -0.3 is 15.4 Å². The highest BCUT2D eigenvalue weighted by Crippen LogP contribution is 2.16. The molecule has 0 unspecified atom stereocenters. The molecule has 128 valence electrons. The van der Waals surface area contributed by atoms with Gasteiger partial charge in [0.1, 0.15) is 5.75 Å². The van der Waals surface area contributed by atoms with Crippen LogP contribution < -0.4 is 15.4 Å². The van der Waals surface area contributed by atoms with E-state index in [9.17, 15) is 4.79 Å². The van der Waals surface area contributed by atoms with Crippen LogP contribution >= 0.6 is 0 Å². The maximum Gasteiger partial charge on any atom is 0.254 e. The number of hydrogen-bond acceptors (Lipinski definition) is 5. The molecule has 24 heavy (non-hydrogen) atoms. The average molecular weight is 328 g/mol. The smallest absolute Gasteiger partial charge is 0.254 e. The molecule has 1 heterocycles. The second-order valence-corrected chi connectivity index (χ2v) is 5.90. The van der Waals surface area contributed by atoms with E-state index in [0.29, 0.717) is 24.0 Å². The van der Waals surface area contributed by atoms with E-state index in [2.05, 4.69) is 34.4 Å². The molecule has 2 N–H and O–H groups in total. The second-order valence-electron chi connectivity index (χ2n) is 5.90. The van der Waals surface area contributed by atoms with Crippen LogP contribution in [0, 0.1) is 5.92 Å². The molecule has 1 aromatic carbocycles. The van der Waals surface area contributed by atoms with E-state index in [-0.39, 0.29) is 5.91 Å². The Morgan fingerprint density at radius 1 is 1.21 bits per heavy atom. The van der Waals surface area contributed by atoms with Crippen molar-refractivity contribution >= 4 is 11.9 Å². The van der Waals surface area contributed by atoms with Crippen LogP contribution in [0.25, 0.3) is 0 Å². The number of aromatic nitrogens is 2. The van der Waals surface area contributed by atoms with Crippen molar-refractivity contribution in [3.8, 4) is 5.75 Å². The van der Waals surface area contributed by atoms with Crippen LogP contribution in [-0.2, 0) is 6.54 Å². The number of para-hydroxylation sites is 1. The first-order valence-electron chi connectivity index (χ1n) is 8.06. The highest BCUT2D eigenvalue weighted by molar-refractivity contribution is 5.93. The van der Waals surface area contributed by atoms with Gasteiger partial charge in [0.25, 0.3) is 5.91 Å². The first kappa shape index (κ1) is 17.7. The Bertz CT molecular complexity index is 656. The Morgan fingerprint density at radius 3 is 2.58 bits per heavy atom. The summed E-state index contributed by atoms with van der Waals surface area (Å²) < 4.78 is 5.27. The lowest BCUT2D eigenvalue weighted by Crippen LogP contribution is -2.23. The summed E-state index contributed by atoms with van der Waals surface area (Å²) in [6.45, 7) is 5.53. The van der Waals surface area contributed by atoms with Crippen molar-refractivity contribution in [1.29, 1.82) is 0 Å². The van der Waals surface area contributed by atoms with Crippen molar-refractivity contribution in [3.63, 3.8) is 0 Å². The number of carbonyl (C=O) groups is 1. The number of carbonyl (C=O) groups excluding carboxylic acids is 1. The van der Waals surface area contributed by atoms with Crippen LogP contribution in [0.1, 0.15) is 36.2 Å². The second kappa shape index (κ2) is 8.86. The molecule has 0 saturated heterocycles. The number of nitrogens with zero attached hydrogens (tertiary/aromatic N) is 2. The van der Waals surface area contributed by atoms with Crippen molar-refractivity contribution in [3.05, 3.63) is 47.8 Å². The van der Waals surface area contributed by atoms with Gasteiger partial charge in [-0.05, 0) is 18.4 Å². The van der Waals surface area contributed by atoms with Gasteiger partial charge in [0.15, 0.2) is 0 Å². The van der Waals surface area contributed by atoms with E-state index >= 15 is 0 Å².